The lowest BCUT2D eigenvalue weighted by Crippen LogP contribution is -2.37. The molecule has 2 aliphatic rings. The van der Waals surface area contributed by atoms with Crippen LogP contribution in [0.25, 0.3) is 4.91 Å². The number of carbonyl (C=O) groups is 2. The number of hydrogen-bond donors (Lipinski definition) is 1. The van der Waals surface area contributed by atoms with E-state index in [1.54, 1.807) is 23.9 Å². The fraction of sp³-hybridized carbons (Fsp3) is 0.238. The zero-order chi connectivity index (χ0) is 17.9. The lowest BCUT2D eigenvalue weighted by atomic mass is 9.94. The Morgan fingerprint density at radius 3 is 2.50 bits per heavy atom. The molecule has 1 heterocycles. The zero-order valence-electron chi connectivity index (χ0n) is 14.2. The average molecular weight is 365 g/mol. The third-order valence-corrected chi connectivity index (χ3v) is 5.77. The number of nitrogens with one attached hydrogen (secondary N) is 1. The normalized spacial score (nSPS) is 19.0. The molecule has 0 spiro atoms. The van der Waals surface area contributed by atoms with Crippen molar-refractivity contribution < 1.29 is 14.3 Å². The number of Topliss-reactive ketones (excluding diaryl/α,β-unsaturated/α-hetero) is 2. The number of thioether (sulfide) groups is 1. The minimum atomic E-state index is -0.528. The smallest absolute Gasteiger partial charge is 0.269 e. The van der Waals surface area contributed by atoms with E-state index >= 15 is 0 Å². The van der Waals surface area contributed by atoms with E-state index in [1.165, 1.54) is 5.56 Å². The Kier molecular flexibility index (Phi) is 4.91. The molecule has 0 bridgehead atoms. The molecule has 0 radical (unpaired) electrons. The fourth-order valence-electron chi connectivity index (χ4n) is 3.20. The quantitative estimate of drug-likeness (QED) is 0.652. The molecule has 4 rings (SSSR count). The molecule has 0 saturated heterocycles. The van der Waals surface area contributed by atoms with Crippen LogP contribution in [0, 0.1) is 0 Å². The SMILES string of the molecule is O=C1C(=O)c2ccccc2C2=C1OC(CNCCc1ccccc1)CS2. The first-order valence-corrected chi connectivity index (χ1v) is 9.69. The average Bonchev–Trinajstić information content (AvgIpc) is 2.70. The number of carbonyl (C=O) groups excluding carboxylic acids is 2. The molecule has 1 aliphatic carbocycles. The molecule has 26 heavy (non-hydrogen) atoms. The first-order chi connectivity index (χ1) is 12.7. The molecule has 0 fully saturated rings. The van der Waals surface area contributed by atoms with Crippen molar-refractivity contribution in [1.82, 2.24) is 5.32 Å². The summed E-state index contributed by atoms with van der Waals surface area (Å²) in [5.74, 6) is -0.0231. The van der Waals surface area contributed by atoms with Crippen molar-refractivity contribution in [2.45, 2.75) is 12.5 Å². The van der Waals surface area contributed by atoms with E-state index in [2.05, 4.69) is 17.4 Å². The number of ketones is 2. The molecule has 0 aromatic heterocycles. The van der Waals surface area contributed by atoms with Crippen LogP contribution in [0.1, 0.15) is 21.5 Å². The highest BCUT2D eigenvalue weighted by atomic mass is 32.2. The Hall–Kier alpha value is -2.37. The van der Waals surface area contributed by atoms with E-state index in [1.807, 2.05) is 30.3 Å². The maximum absolute atomic E-state index is 12.4. The lowest BCUT2D eigenvalue weighted by molar-refractivity contribution is -0.115. The highest BCUT2D eigenvalue weighted by Gasteiger charge is 2.38. The summed E-state index contributed by atoms with van der Waals surface area (Å²) in [5.41, 5.74) is 2.58. The van der Waals surface area contributed by atoms with E-state index in [0.717, 1.165) is 29.2 Å². The summed E-state index contributed by atoms with van der Waals surface area (Å²) in [5, 5.41) is 3.39. The molecule has 0 saturated carbocycles. The van der Waals surface area contributed by atoms with Crippen molar-refractivity contribution in [3.8, 4) is 0 Å². The van der Waals surface area contributed by atoms with E-state index < -0.39 is 11.6 Å². The number of rotatable bonds is 5. The summed E-state index contributed by atoms with van der Waals surface area (Å²) >= 11 is 1.60. The highest BCUT2D eigenvalue weighted by Crippen LogP contribution is 2.41. The van der Waals surface area contributed by atoms with Crippen molar-refractivity contribution in [3.05, 3.63) is 77.0 Å². The van der Waals surface area contributed by atoms with Crippen LogP contribution >= 0.6 is 11.8 Å². The molecule has 5 heteroatoms. The van der Waals surface area contributed by atoms with Gasteiger partial charge in [0.15, 0.2) is 5.76 Å². The van der Waals surface area contributed by atoms with Crippen molar-refractivity contribution in [2.75, 3.05) is 18.8 Å². The second-order valence-electron chi connectivity index (χ2n) is 6.35. The molecule has 1 aliphatic heterocycles. The summed E-state index contributed by atoms with van der Waals surface area (Å²) in [7, 11) is 0. The molecule has 1 N–H and O–H groups in total. The van der Waals surface area contributed by atoms with Crippen molar-refractivity contribution in [2.24, 2.45) is 0 Å². The highest BCUT2D eigenvalue weighted by molar-refractivity contribution is 8.08. The Bertz CT molecular complexity index is 876. The second-order valence-corrected chi connectivity index (χ2v) is 7.38. The van der Waals surface area contributed by atoms with Gasteiger partial charge in [-0.3, -0.25) is 9.59 Å². The van der Waals surface area contributed by atoms with Gasteiger partial charge in [-0.2, -0.15) is 0 Å². The molecule has 4 nitrogen and oxygen atoms in total. The summed E-state index contributed by atoms with van der Waals surface area (Å²) in [6.45, 7) is 1.50. The van der Waals surface area contributed by atoms with Crippen LogP contribution in [0.2, 0.25) is 0 Å². The fourth-order valence-corrected chi connectivity index (χ4v) is 4.34. The summed E-state index contributed by atoms with van der Waals surface area (Å²) in [6, 6.07) is 17.5. The first-order valence-electron chi connectivity index (χ1n) is 8.71. The molecule has 2 aromatic rings. The van der Waals surface area contributed by atoms with Gasteiger partial charge in [0.25, 0.3) is 5.78 Å². The van der Waals surface area contributed by atoms with Crippen LogP contribution in [0.3, 0.4) is 0 Å². The third-order valence-electron chi connectivity index (χ3n) is 4.54. The molecule has 1 unspecified atom stereocenters. The molecule has 0 amide bonds. The van der Waals surface area contributed by atoms with Crippen LogP contribution in [-0.2, 0) is 16.0 Å². The topological polar surface area (TPSA) is 55.4 Å². The lowest BCUT2D eigenvalue weighted by Gasteiger charge is -2.30. The summed E-state index contributed by atoms with van der Waals surface area (Å²) in [6.07, 6.45) is 0.830. The predicted molar refractivity (Wildman–Crippen MR) is 103 cm³/mol. The Morgan fingerprint density at radius 2 is 1.69 bits per heavy atom. The van der Waals surface area contributed by atoms with E-state index in [-0.39, 0.29) is 11.9 Å². The van der Waals surface area contributed by atoms with Gasteiger partial charge in [0.05, 0.1) is 4.91 Å². The Morgan fingerprint density at radius 1 is 0.962 bits per heavy atom. The van der Waals surface area contributed by atoms with Crippen LogP contribution in [-0.4, -0.2) is 36.5 Å². The van der Waals surface area contributed by atoms with Gasteiger partial charge in [0, 0.05) is 23.4 Å². The van der Waals surface area contributed by atoms with Gasteiger partial charge >= 0.3 is 0 Å². The Labute approximate surface area is 156 Å². The largest absolute Gasteiger partial charge is 0.483 e. The standard InChI is InChI=1S/C21H19NO3S/c23-18-16-8-4-5-9-17(16)21-20(19(18)24)25-15(13-26-21)12-22-11-10-14-6-2-1-3-7-14/h1-9,15,22H,10-13H2. The molecular formula is C21H19NO3S. The van der Waals surface area contributed by atoms with Crippen molar-refractivity contribution >= 4 is 28.2 Å². The van der Waals surface area contributed by atoms with Crippen molar-refractivity contribution in [3.63, 3.8) is 0 Å². The minimum Gasteiger partial charge on any atom is -0.483 e. The monoisotopic (exact) mass is 365 g/mol. The first kappa shape index (κ1) is 17.1. The van der Waals surface area contributed by atoms with Gasteiger partial charge < -0.3 is 10.1 Å². The number of allylic oxidation sites excluding steroid dienone is 1. The van der Waals surface area contributed by atoms with Crippen LogP contribution in [0.5, 0.6) is 0 Å². The Balaban J connectivity index is 1.39. The number of fused-ring (bicyclic) bond motifs is 2. The van der Waals surface area contributed by atoms with Gasteiger partial charge in [-0.25, -0.2) is 0 Å². The van der Waals surface area contributed by atoms with Gasteiger partial charge in [0.2, 0.25) is 5.78 Å². The van der Waals surface area contributed by atoms with Crippen molar-refractivity contribution in [1.29, 1.82) is 0 Å². The maximum Gasteiger partial charge on any atom is 0.269 e. The third kappa shape index (κ3) is 3.32. The molecule has 1 atom stereocenters. The predicted octanol–water partition coefficient (Wildman–Crippen LogP) is 3.08. The van der Waals surface area contributed by atoms with Crippen LogP contribution in [0.15, 0.2) is 60.4 Å². The van der Waals surface area contributed by atoms with Gasteiger partial charge in [-0.1, -0.05) is 54.6 Å². The summed E-state index contributed by atoms with van der Waals surface area (Å²) in [4.78, 5) is 25.5. The van der Waals surface area contributed by atoms with Crippen LogP contribution < -0.4 is 5.32 Å². The van der Waals surface area contributed by atoms with E-state index in [0.29, 0.717) is 12.1 Å². The molecular weight excluding hydrogens is 346 g/mol. The van der Waals surface area contributed by atoms with Gasteiger partial charge in [-0.05, 0) is 18.5 Å². The van der Waals surface area contributed by atoms with E-state index in [9.17, 15) is 9.59 Å². The molecule has 2 aromatic carbocycles. The number of ether oxygens (including phenoxy) is 1. The maximum atomic E-state index is 12.4. The van der Waals surface area contributed by atoms with Gasteiger partial charge in [-0.15, -0.1) is 11.8 Å². The van der Waals surface area contributed by atoms with Gasteiger partial charge in [0.1, 0.15) is 6.10 Å². The molecule has 132 valence electrons. The number of hydrogen-bond acceptors (Lipinski definition) is 5. The minimum absolute atomic E-state index is 0.114. The zero-order valence-corrected chi connectivity index (χ0v) is 15.1. The van der Waals surface area contributed by atoms with Crippen LogP contribution in [0.4, 0.5) is 0 Å². The number of benzene rings is 2. The van der Waals surface area contributed by atoms with E-state index in [4.69, 9.17) is 4.74 Å². The summed E-state index contributed by atoms with van der Waals surface area (Å²) < 4.78 is 5.91. The second kappa shape index (κ2) is 7.48.